The molecule has 2 atom stereocenters. The van der Waals surface area contributed by atoms with Crippen LogP contribution in [0.15, 0.2) is 67.3 Å². The quantitative estimate of drug-likeness (QED) is 0.113. The van der Waals surface area contributed by atoms with Crippen LogP contribution in [0.1, 0.15) is 53.6 Å². The zero-order chi connectivity index (χ0) is 33.7. The lowest BCUT2D eigenvalue weighted by atomic mass is 9.90. The van der Waals surface area contributed by atoms with Gasteiger partial charge in [0.25, 0.3) is 5.91 Å². The Labute approximate surface area is 290 Å². The number of likely N-dealkylation sites (tertiary alicyclic amines) is 1. The normalized spacial score (nSPS) is 15.2. The molecular formula is C36H43FIN5O4. The lowest BCUT2D eigenvalue weighted by molar-refractivity contribution is 0.0200. The lowest BCUT2D eigenvalue weighted by Crippen LogP contribution is -2.55. The zero-order valence-electron chi connectivity index (χ0n) is 27.6. The molecule has 1 amide bonds. The molecule has 3 aromatic carbocycles. The fraction of sp³-hybridized carbons (Fsp3) is 0.389. The van der Waals surface area contributed by atoms with Crippen LogP contribution in [0.5, 0.6) is 17.2 Å². The Balaban J connectivity index is 1.41. The van der Waals surface area contributed by atoms with Crippen LogP contribution in [0, 0.1) is 5.82 Å². The Morgan fingerprint density at radius 1 is 1.11 bits per heavy atom. The Morgan fingerprint density at radius 2 is 1.77 bits per heavy atom. The molecule has 5 rings (SSSR count). The van der Waals surface area contributed by atoms with Gasteiger partial charge in [0.2, 0.25) is 11.7 Å². The summed E-state index contributed by atoms with van der Waals surface area (Å²) in [5.74, 6) is 1.56. The zero-order valence-corrected chi connectivity index (χ0v) is 29.8. The van der Waals surface area contributed by atoms with E-state index in [1.54, 1.807) is 17.0 Å². The Bertz CT molecular complexity index is 1680. The van der Waals surface area contributed by atoms with E-state index in [4.69, 9.17) is 19.2 Å². The molecule has 1 aliphatic rings. The minimum Gasteiger partial charge on any atom is -0.493 e. The minimum absolute atomic E-state index is 0.0575. The second kappa shape index (κ2) is 15.4. The van der Waals surface area contributed by atoms with Crippen LogP contribution in [0.25, 0.3) is 11.0 Å². The first-order valence-electron chi connectivity index (χ1n) is 15.8. The number of halogens is 2. The van der Waals surface area contributed by atoms with Crippen LogP contribution in [0.3, 0.4) is 0 Å². The number of carbonyl (C=O) groups excluding carboxylic acids is 1. The molecule has 0 saturated carbocycles. The van der Waals surface area contributed by atoms with Gasteiger partial charge in [0.15, 0.2) is 11.5 Å². The standard InChI is InChI=1S/C36H43FIN5O4/c1-7-10-24-11-9-12-29-32(24)40-36(43(29)38)39-27-17-19-42(20-18-27)34(28(8-2)23-13-15-26(37)16-14-23)41(3)35(44)25-21-30(45-4)33(47-6)31(22-25)46-5/h7,9,11-16,21-22,27-28,34H,1,8,10,17-20H2,2-6H3,(H,39,40). The van der Waals surface area contributed by atoms with Gasteiger partial charge < -0.3 is 24.4 Å². The number of imidazole rings is 1. The topological polar surface area (TPSA) is 81.1 Å². The third-order valence-corrected chi connectivity index (χ3v) is 10.0. The average molecular weight is 756 g/mol. The molecule has 250 valence electrons. The predicted molar refractivity (Wildman–Crippen MR) is 193 cm³/mol. The number of anilines is 1. The van der Waals surface area contributed by atoms with Gasteiger partial charge in [0.05, 0.1) is 61.4 Å². The van der Waals surface area contributed by atoms with Crippen molar-refractivity contribution in [3.63, 3.8) is 0 Å². The third-order valence-electron chi connectivity index (χ3n) is 9.04. The summed E-state index contributed by atoms with van der Waals surface area (Å²) < 4.78 is 32.6. The van der Waals surface area contributed by atoms with Gasteiger partial charge in [-0.25, -0.2) is 9.37 Å². The van der Waals surface area contributed by atoms with Gasteiger partial charge in [-0.1, -0.05) is 37.3 Å². The predicted octanol–water partition coefficient (Wildman–Crippen LogP) is 7.30. The van der Waals surface area contributed by atoms with Crippen molar-refractivity contribution in [2.24, 2.45) is 0 Å². The number of para-hydroxylation sites is 1. The summed E-state index contributed by atoms with van der Waals surface area (Å²) in [5.41, 5.74) is 4.62. The minimum atomic E-state index is -0.285. The van der Waals surface area contributed by atoms with Crippen molar-refractivity contribution >= 4 is 45.8 Å². The van der Waals surface area contributed by atoms with Crippen molar-refractivity contribution in [2.75, 3.05) is 46.8 Å². The lowest BCUT2D eigenvalue weighted by Gasteiger charge is -2.45. The molecule has 47 heavy (non-hydrogen) atoms. The first-order chi connectivity index (χ1) is 22.7. The smallest absolute Gasteiger partial charge is 0.255 e. The number of benzene rings is 3. The summed E-state index contributed by atoms with van der Waals surface area (Å²) in [4.78, 5) is 23.4. The molecule has 9 nitrogen and oxygen atoms in total. The maximum absolute atomic E-state index is 14.2. The van der Waals surface area contributed by atoms with E-state index in [2.05, 4.69) is 67.6 Å². The maximum atomic E-state index is 14.2. The maximum Gasteiger partial charge on any atom is 0.255 e. The summed E-state index contributed by atoms with van der Waals surface area (Å²) in [6.07, 6.45) is 4.86. The van der Waals surface area contributed by atoms with Crippen LogP contribution >= 0.6 is 22.9 Å². The molecule has 11 heteroatoms. The fourth-order valence-corrected chi connectivity index (χ4v) is 7.29. The number of aromatic nitrogens is 2. The molecule has 0 aliphatic carbocycles. The number of fused-ring (bicyclic) bond motifs is 1. The van der Waals surface area contributed by atoms with E-state index >= 15 is 0 Å². The number of carbonyl (C=O) groups is 1. The van der Waals surface area contributed by atoms with E-state index in [1.807, 2.05) is 25.3 Å². The second-order valence-electron chi connectivity index (χ2n) is 11.8. The highest BCUT2D eigenvalue weighted by atomic mass is 127. The van der Waals surface area contributed by atoms with E-state index in [0.717, 1.165) is 66.9 Å². The first-order valence-corrected chi connectivity index (χ1v) is 16.8. The summed E-state index contributed by atoms with van der Waals surface area (Å²) in [6, 6.07) is 16.4. The number of amides is 1. The summed E-state index contributed by atoms with van der Waals surface area (Å²) >= 11 is 2.31. The summed E-state index contributed by atoms with van der Waals surface area (Å²) in [7, 11) is 6.44. The Kier molecular flexibility index (Phi) is 11.3. The van der Waals surface area contributed by atoms with E-state index in [9.17, 15) is 9.18 Å². The molecule has 1 saturated heterocycles. The number of piperidine rings is 1. The molecule has 0 radical (unpaired) electrons. The van der Waals surface area contributed by atoms with Gasteiger partial charge in [-0.05, 0) is 67.1 Å². The molecule has 4 aromatic rings. The summed E-state index contributed by atoms with van der Waals surface area (Å²) in [5, 5.41) is 3.69. The van der Waals surface area contributed by atoms with Gasteiger partial charge in [-0.3, -0.25) is 12.5 Å². The van der Waals surface area contributed by atoms with E-state index < -0.39 is 0 Å². The SMILES string of the molecule is C=CCc1cccc2c1nc(NC1CCN(C(C(CC)c3ccc(F)cc3)N(C)C(=O)c3cc(OC)c(OC)c(OC)c3)CC1)n2I. The van der Waals surface area contributed by atoms with Gasteiger partial charge >= 0.3 is 0 Å². The van der Waals surface area contributed by atoms with Crippen LogP contribution in [-0.2, 0) is 6.42 Å². The van der Waals surface area contributed by atoms with Crippen molar-refractivity contribution < 1.29 is 23.4 Å². The van der Waals surface area contributed by atoms with Crippen LogP contribution in [0.4, 0.5) is 10.3 Å². The Hall–Kier alpha value is -3.84. The first kappa shape index (κ1) is 34.5. The molecule has 2 unspecified atom stereocenters. The molecular weight excluding hydrogens is 712 g/mol. The highest BCUT2D eigenvalue weighted by molar-refractivity contribution is 14.1. The highest BCUT2D eigenvalue weighted by Gasteiger charge is 2.37. The van der Waals surface area contributed by atoms with Gasteiger partial charge in [-0.2, -0.15) is 0 Å². The highest BCUT2D eigenvalue weighted by Crippen LogP contribution is 2.39. The van der Waals surface area contributed by atoms with Crippen molar-refractivity contribution in [3.8, 4) is 17.2 Å². The number of likely N-dealkylation sites (N-methyl/N-ethyl adjacent to an activating group) is 1. The molecule has 1 N–H and O–H groups in total. The number of allylic oxidation sites excluding steroid dienone is 1. The third kappa shape index (κ3) is 7.20. The molecule has 1 fully saturated rings. The summed E-state index contributed by atoms with van der Waals surface area (Å²) in [6.45, 7) is 7.53. The number of methoxy groups -OCH3 is 3. The number of hydrogen-bond acceptors (Lipinski definition) is 7. The largest absolute Gasteiger partial charge is 0.493 e. The number of hydrogen-bond donors (Lipinski definition) is 1. The fourth-order valence-electron chi connectivity index (χ4n) is 6.66. The molecule has 1 aromatic heterocycles. The molecule has 1 aliphatic heterocycles. The number of nitrogens with zero attached hydrogens (tertiary/aromatic N) is 4. The van der Waals surface area contributed by atoms with E-state index in [1.165, 1.54) is 33.5 Å². The number of nitrogens with one attached hydrogen (secondary N) is 1. The van der Waals surface area contributed by atoms with Crippen molar-refractivity contribution in [2.45, 2.75) is 50.7 Å². The van der Waals surface area contributed by atoms with Gasteiger partial charge in [-0.15, -0.1) is 6.58 Å². The van der Waals surface area contributed by atoms with Crippen molar-refractivity contribution in [3.05, 3.63) is 89.8 Å². The van der Waals surface area contributed by atoms with E-state index in [-0.39, 0.29) is 29.8 Å². The van der Waals surface area contributed by atoms with Crippen molar-refractivity contribution in [1.29, 1.82) is 0 Å². The molecule has 0 spiro atoms. The number of rotatable bonds is 13. The Morgan fingerprint density at radius 3 is 2.34 bits per heavy atom. The van der Waals surface area contributed by atoms with E-state index in [0.29, 0.717) is 22.8 Å². The monoisotopic (exact) mass is 755 g/mol. The van der Waals surface area contributed by atoms with Crippen molar-refractivity contribution in [1.82, 2.24) is 17.6 Å². The number of ether oxygens (including phenoxy) is 3. The van der Waals surface area contributed by atoms with Crippen LogP contribution < -0.4 is 19.5 Å². The molecule has 0 bridgehead atoms. The van der Waals surface area contributed by atoms with Crippen LogP contribution in [0.2, 0.25) is 0 Å². The average Bonchev–Trinajstić information content (AvgIpc) is 3.42. The second-order valence-corrected chi connectivity index (χ2v) is 12.7. The molecule has 2 heterocycles. The van der Waals surface area contributed by atoms with Crippen LogP contribution in [-0.4, -0.2) is 77.1 Å². The van der Waals surface area contributed by atoms with Gasteiger partial charge in [0, 0.05) is 37.7 Å². The van der Waals surface area contributed by atoms with Gasteiger partial charge in [0.1, 0.15) is 5.82 Å².